The van der Waals surface area contributed by atoms with Gasteiger partial charge in [-0.05, 0) is 69.8 Å². The van der Waals surface area contributed by atoms with Crippen molar-refractivity contribution in [2.75, 3.05) is 32.7 Å². The molecule has 2 heterocycles. The van der Waals surface area contributed by atoms with Gasteiger partial charge in [0.25, 0.3) is 5.91 Å². The lowest BCUT2D eigenvalue weighted by atomic mass is 9.95. The van der Waals surface area contributed by atoms with E-state index in [1.165, 1.54) is 18.2 Å². The Kier molecular flexibility index (Phi) is 6.71. The first-order chi connectivity index (χ1) is 12.9. The highest BCUT2D eigenvalue weighted by Crippen LogP contribution is 2.21. The van der Waals surface area contributed by atoms with Gasteiger partial charge >= 0.3 is 0 Å². The van der Waals surface area contributed by atoms with Crippen LogP contribution in [0.5, 0.6) is 0 Å². The van der Waals surface area contributed by atoms with E-state index in [0.717, 1.165) is 51.9 Å². The predicted molar refractivity (Wildman–Crippen MR) is 103 cm³/mol. The van der Waals surface area contributed by atoms with Crippen molar-refractivity contribution in [2.24, 2.45) is 5.92 Å². The molecule has 27 heavy (non-hydrogen) atoms. The number of carbonyl (C=O) groups excluding carboxylic acids is 2. The molecule has 0 spiro atoms. The summed E-state index contributed by atoms with van der Waals surface area (Å²) in [6, 6.07) is 3.76. The van der Waals surface area contributed by atoms with Gasteiger partial charge in [0.1, 0.15) is 5.82 Å². The number of carbonyl (C=O) groups is 2. The summed E-state index contributed by atoms with van der Waals surface area (Å²) in [5.41, 5.74) is 0.238. The third kappa shape index (κ3) is 5.20. The lowest BCUT2D eigenvalue weighted by Gasteiger charge is -2.36. The van der Waals surface area contributed by atoms with Gasteiger partial charge in [-0.3, -0.25) is 14.5 Å². The number of amides is 2. The van der Waals surface area contributed by atoms with Crippen molar-refractivity contribution >= 4 is 23.4 Å². The Labute approximate surface area is 164 Å². The highest BCUT2D eigenvalue weighted by atomic mass is 35.5. The minimum Gasteiger partial charge on any atom is -0.352 e. The monoisotopic (exact) mass is 395 g/mol. The molecule has 0 bridgehead atoms. The van der Waals surface area contributed by atoms with Crippen LogP contribution in [-0.2, 0) is 4.79 Å². The predicted octanol–water partition coefficient (Wildman–Crippen LogP) is 2.93. The van der Waals surface area contributed by atoms with Crippen LogP contribution in [0.1, 0.15) is 43.0 Å². The fourth-order valence-electron chi connectivity index (χ4n) is 3.93. The lowest BCUT2D eigenvalue weighted by Crippen LogP contribution is -2.49. The van der Waals surface area contributed by atoms with E-state index in [9.17, 15) is 14.0 Å². The summed E-state index contributed by atoms with van der Waals surface area (Å²) >= 11 is 5.80. The number of halogens is 2. The highest BCUT2D eigenvalue weighted by Gasteiger charge is 2.30. The zero-order valence-corrected chi connectivity index (χ0v) is 16.5. The SMILES string of the molecule is CC(C(=O)N1CCCC1)N1CCC(CNC(=O)c2cc(F)cc(Cl)c2)CC1. The molecule has 3 rings (SSSR count). The molecule has 0 aromatic heterocycles. The fourth-order valence-corrected chi connectivity index (χ4v) is 4.15. The Morgan fingerprint density at radius 2 is 1.85 bits per heavy atom. The van der Waals surface area contributed by atoms with Crippen LogP contribution >= 0.6 is 11.6 Å². The van der Waals surface area contributed by atoms with Gasteiger partial charge in [-0.15, -0.1) is 0 Å². The Morgan fingerprint density at radius 3 is 2.48 bits per heavy atom. The zero-order chi connectivity index (χ0) is 19.4. The summed E-state index contributed by atoms with van der Waals surface area (Å²) in [7, 11) is 0. The van der Waals surface area contributed by atoms with E-state index >= 15 is 0 Å². The van der Waals surface area contributed by atoms with E-state index in [1.807, 2.05) is 11.8 Å². The number of piperidine rings is 1. The van der Waals surface area contributed by atoms with Crippen LogP contribution in [0.15, 0.2) is 18.2 Å². The average molecular weight is 396 g/mol. The summed E-state index contributed by atoms with van der Waals surface area (Å²) in [6.07, 6.45) is 4.08. The molecule has 2 saturated heterocycles. The largest absolute Gasteiger partial charge is 0.352 e. The number of nitrogens with one attached hydrogen (secondary N) is 1. The van der Waals surface area contributed by atoms with Crippen molar-refractivity contribution in [1.29, 1.82) is 0 Å². The topological polar surface area (TPSA) is 52.7 Å². The first kappa shape index (κ1) is 20.1. The van der Waals surface area contributed by atoms with Crippen LogP contribution in [0.3, 0.4) is 0 Å². The second kappa shape index (κ2) is 9.02. The molecule has 0 aliphatic carbocycles. The van der Waals surface area contributed by atoms with Crippen molar-refractivity contribution in [2.45, 2.75) is 38.6 Å². The third-order valence-corrected chi connectivity index (χ3v) is 5.87. The van der Waals surface area contributed by atoms with Gasteiger partial charge < -0.3 is 10.2 Å². The van der Waals surface area contributed by atoms with Crippen molar-refractivity contribution in [3.63, 3.8) is 0 Å². The molecule has 7 heteroatoms. The van der Waals surface area contributed by atoms with E-state index in [1.54, 1.807) is 0 Å². The zero-order valence-electron chi connectivity index (χ0n) is 15.7. The lowest BCUT2D eigenvalue weighted by molar-refractivity contribution is -0.135. The van der Waals surface area contributed by atoms with Gasteiger partial charge in [-0.25, -0.2) is 4.39 Å². The summed E-state index contributed by atoms with van der Waals surface area (Å²) in [5.74, 6) is -0.223. The molecule has 0 radical (unpaired) electrons. The van der Waals surface area contributed by atoms with Crippen LogP contribution in [0, 0.1) is 11.7 Å². The molecule has 1 atom stereocenters. The Hall–Kier alpha value is -1.66. The number of hydrogen-bond donors (Lipinski definition) is 1. The maximum atomic E-state index is 13.4. The Morgan fingerprint density at radius 1 is 1.19 bits per heavy atom. The Balaban J connectivity index is 1.44. The van der Waals surface area contributed by atoms with Crippen molar-refractivity contribution in [3.8, 4) is 0 Å². The third-order valence-electron chi connectivity index (χ3n) is 5.65. The van der Waals surface area contributed by atoms with Crippen LogP contribution in [0.2, 0.25) is 5.02 Å². The maximum Gasteiger partial charge on any atom is 0.251 e. The van der Waals surface area contributed by atoms with Gasteiger partial charge in [0.05, 0.1) is 6.04 Å². The molecular weight excluding hydrogens is 369 g/mol. The van der Waals surface area contributed by atoms with E-state index in [-0.39, 0.29) is 28.4 Å². The highest BCUT2D eigenvalue weighted by molar-refractivity contribution is 6.31. The summed E-state index contributed by atoms with van der Waals surface area (Å²) in [6.45, 7) is 6.03. The second-order valence-electron chi connectivity index (χ2n) is 7.56. The first-order valence-electron chi connectivity index (χ1n) is 9.71. The van der Waals surface area contributed by atoms with Crippen LogP contribution in [0.25, 0.3) is 0 Å². The van der Waals surface area contributed by atoms with Crippen molar-refractivity contribution in [3.05, 3.63) is 34.6 Å². The Bertz CT molecular complexity index is 666. The van der Waals surface area contributed by atoms with Gasteiger partial charge in [-0.2, -0.15) is 0 Å². The van der Waals surface area contributed by atoms with Crippen LogP contribution in [0.4, 0.5) is 4.39 Å². The smallest absolute Gasteiger partial charge is 0.251 e. The molecule has 2 fully saturated rings. The molecule has 2 aliphatic rings. The first-order valence-corrected chi connectivity index (χ1v) is 10.1. The number of hydrogen-bond acceptors (Lipinski definition) is 3. The van der Waals surface area contributed by atoms with Crippen molar-refractivity contribution < 1.29 is 14.0 Å². The number of nitrogens with zero attached hydrogens (tertiary/aromatic N) is 2. The molecule has 1 N–H and O–H groups in total. The summed E-state index contributed by atoms with van der Waals surface area (Å²) in [4.78, 5) is 29.0. The summed E-state index contributed by atoms with van der Waals surface area (Å²) in [5, 5.41) is 3.09. The van der Waals surface area contributed by atoms with Gasteiger partial charge in [0, 0.05) is 30.2 Å². The molecule has 0 saturated carbocycles. The van der Waals surface area contributed by atoms with Crippen LogP contribution < -0.4 is 5.32 Å². The summed E-state index contributed by atoms with van der Waals surface area (Å²) < 4.78 is 13.4. The van der Waals surface area contributed by atoms with E-state index in [0.29, 0.717) is 12.5 Å². The van der Waals surface area contributed by atoms with E-state index < -0.39 is 5.82 Å². The molecule has 2 aliphatic heterocycles. The second-order valence-corrected chi connectivity index (χ2v) is 7.99. The molecule has 2 amide bonds. The molecule has 1 aromatic rings. The fraction of sp³-hybridized carbons (Fsp3) is 0.600. The maximum absolute atomic E-state index is 13.4. The molecule has 5 nitrogen and oxygen atoms in total. The number of rotatable bonds is 5. The minimum absolute atomic E-state index is 0.0759. The molecule has 1 aromatic carbocycles. The van der Waals surface area contributed by atoms with Crippen molar-refractivity contribution in [1.82, 2.24) is 15.1 Å². The molecule has 1 unspecified atom stereocenters. The van der Waals surface area contributed by atoms with Crippen LogP contribution in [-0.4, -0.2) is 60.4 Å². The van der Waals surface area contributed by atoms with Gasteiger partial charge in [0.15, 0.2) is 0 Å². The quantitative estimate of drug-likeness (QED) is 0.834. The minimum atomic E-state index is -0.516. The number of likely N-dealkylation sites (tertiary alicyclic amines) is 2. The van der Waals surface area contributed by atoms with E-state index in [2.05, 4.69) is 10.2 Å². The van der Waals surface area contributed by atoms with E-state index in [4.69, 9.17) is 11.6 Å². The van der Waals surface area contributed by atoms with Gasteiger partial charge in [-0.1, -0.05) is 11.6 Å². The molecule has 148 valence electrons. The number of benzene rings is 1. The van der Waals surface area contributed by atoms with Gasteiger partial charge in [0.2, 0.25) is 5.91 Å². The average Bonchev–Trinajstić information content (AvgIpc) is 3.19. The standard InChI is InChI=1S/C20H27ClFN3O2/c1-14(20(27)25-6-2-3-7-25)24-8-4-15(5-9-24)13-23-19(26)16-10-17(21)12-18(22)11-16/h10-12,14-15H,2-9,13H2,1H3,(H,23,26). The normalized spacial score (nSPS) is 19.9. The molecular formula is C20H27ClFN3O2.